The highest BCUT2D eigenvalue weighted by molar-refractivity contribution is 6.09. The third kappa shape index (κ3) is 2.99. The Balaban J connectivity index is 2.77. The number of hydrogen-bond acceptors (Lipinski definition) is 4. The van der Waals surface area contributed by atoms with E-state index in [0.29, 0.717) is 16.7 Å². The predicted octanol–water partition coefficient (Wildman–Crippen LogP) is 1.91. The van der Waals surface area contributed by atoms with Gasteiger partial charge in [0.05, 0.1) is 17.3 Å². The molecule has 0 saturated carbocycles. The van der Waals surface area contributed by atoms with Gasteiger partial charge in [-0.2, -0.15) is 5.26 Å². The molecule has 6 nitrogen and oxygen atoms in total. The quantitative estimate of drug-likeness (QED) is 0.844. The molecule has 6 heteroatoms. The average Bonchev–Trinajstić information content (AvgIpc) is 2.47. The summed E-state index contributed by atoms with van der Waals surface area (Å²) in [4.78, 5) is 41.1. The van der Waals surface area contributed by atoms with Crippen LogP contribution in [-0.4, -0.2) is 15.8 Å². The van der Waals surface area contributed by atoms with Gasteiger partial charge in [0.15, 0.2) is 0 Å². The third-order valence-electron chi connectivity index (χ3n) is 3.83. The maximum Gasteiger partial charge on any atom is 0.326 e. The second-order valence-electron chi connectivity index (χ2n) is 5.76. The summed E-state index contributed by atoms with van der Waals surface area (Å²) in [5.41, 5.74) is 1.08. The molecule has 0 atom stereocenters. The molecule has 0 saturated heterocycles. The molecule has 0 fully saturated rings. The molecule has 0 spiro atoms. The first kappa shape index (κ1) is 16.4. The Morgan fingerprint density at radius 3 is 2.39 bits per heavy atom. The van der Waals surface area contributed by atoms with Crippen LogP contribution >= 0.6 is 0 Å². The zero-order valence-electron chi connectivity index (χ0n) is 13.4. The fourth-order valence-corrected chi connectivity index (χ4v) is 2.52. The molecule has 118 valence electrons. The van der Waals surface area contributed by atoms with Gasteiger partial charge in [-0.1, -0.05) is 13.8 Å². The third-order valence-corrected chi connectivity index (χ3v) is 3.83. The van der Waals surface area contributed by atoms with Gasteiger partial charge in [-0.05, 0) is 43.0 Å². The first-order chi connectivity index (χ1) is 10.8. The second-order valence-corrected chi connectivity index (χ2v) is 5.76. The van der Waals surface area contributed by atoms with E-state index in [9.17, 15) is 14.4 Å². The summed E-state index contributed by atoms with van der Waals surface area (Å²) in [7, 11) is 0. The van der Waals surface area contributed by atoms with Crippen LogP contribution in [0.2, 0.25) is 0 Å². The molecular formula is C17H17N3O3. The van der Waals surface area contributed by atoms with Crippen molar-refractivity contribution < 1.29 is 4.79 Å². The zero-order valence-corrected chi connectivity index (χ0v) is 13.4. The van der Waals surface area contributed by atoms with Crippen molar-refractivity contribution >= 4 is 5.78 Å². The predicted molar refractivity (Wildman–Crippen MR) is 85.8 cm³/mol. The van der Waals surface area contributed by atoms with Gasteiger partial charge in [-0.15, -0.1) is 0 Å². The van der Waals surface area contributed by atoms with E-state index in [1.807, 2.05) is 6.07 Å². The smallest absolute Gasteiger partial charge is 0.304 e. The van der Waals surface area contributed by atoms with E-state index < -0.39 is 17.0 Å². The van der Waals surface area contributed by atoms with Gasteiger partial charge >= 0.3 is 5.69 Å². The number of rotatable bonds is 3. The summed E-state index contributed by atoms with van der Waals surface area (Å²) < 4.78 is 0. The maximum atomic E-state index is 12.9. The highest BCUT2D eigenvalue weighted by Gasteiger charge is 2.22. The highest BCUT2D eigenvalue weighted by Crippen LogP contribution is 2.21. The summed E-state index contributed by atoms with van der Waals surface area (Å²) >= 11 is 0. The molecule has 0 amide bonds. The Morgan fingerprint density at radius 1 is 1.17 bits per heavy atom. The van der Waals surface area contributed by atoms with Crippen molar-refractivity contribution in [3.05, 3.63) is 66.5 Å². The van der Waals surface area contributed by atoms with Gasteiger partial charge < -0.3 is 4.98 Å². The number of aromatic nitrogens is 2. The fraction of sp³-hybridized carbons (Fsp3) is 0.294. The topological polar surface area (TPSA) is 107 Å². The van der Waals surface area contributed by atoms with Crippen LogP contribution in [0.3, 0.4) is 0 Å². The van der Waals surface area contributed by atoms with E-state index >= 15 is 0 Å². The number of aryl methyl sites for hydroxylation is 1. The minimum atomic E-state index is -0.728. The number of carbonyl (C=O) groups is 1. The van der Waals surface area contributed by atoms with Crippen LogP contribution in [0.4, 0.5) is 0 Å². The second kappa shape index (κ2) is 6.05. The molecule has 23 heavy (non-hydrogen) atoms. The summed E-state index contributed by atoms with van der Waals surface area (Å²) in [5.74, 6) is -0.704. The number of nitriles is 1. The summed E-state index contributed by atoms with van der Waals surface area (Å²) in [6.45, 7) is 7.11. The Hall–Kier alpha value is -2.94. The summed E-state index contributed by atoms with van der Waals surface area (Å²) in [6.07, 6.45) is 0. The fourth-order valence-electron chi connectivity index (χ4n) is 2.52. The van der Waals surface area contributed by atoms with Crippen molar-refractivity contribution in [2.75, 3.05) is 0 Å². The van der Waals surface area contributed by atoms with E-state index in [2.05, 4.69) is 9.97 Å². The Kier molecular flexibility index (Phi) is 4.32. The first-order valence-electron chi connectivity index (χ1n) is 7.18. The SMILES string of the molecule is Cc1cc(C#N)cc(C(=O)c2[nH]c(=O)[nH]c(=O)c2C(C)C)c1C. The number of nitrogens with one attached hydrogen (secondary N) is 2. The van der Waals surface area contributed by atoms with Crippen molar-refractivity contribution in [3.63, 3.8) is 0 Å². The standard InChI is InChI=1S/C17H17N3O3/c1-8(2)13-14(19-17(23)20-16(13)22)15(21)12-6-11(7-18)5-9(3)10(12)4/h5-6,8H,1-4H3,(H2,19,20,22,23). The number of H-pyrrole nitrogens is 2. The van der Waals surface area contributed by atoms with Crippen LogP contribution in [0.15, 0.2) is 21.7 Å². The van der Waals surface area contributed by atoms with E-state index in [4.69, 9.17) is 5.26 Å². The van der Waals surface area contributed by atoms with Gasteiger partial charge in [0, 0.05) is 11.1 Å². The van der Waals surface area contributed by atoms with Crippen molar-refractivity contribution in [3.8, 4) is 6.07 Å². The van der Waals surface area contributed by atoms with Gasteiger partial charge in [0.1, 0.15) is 0 Å². The van der Waals surface area contributed by atoms with Gasteiger partial charge in [0.2, 0.25) is 5.78 Å². The maximum absolute atomic E-state index is 12.9. The van der Waals surface area contributed by atoms with Crippen molar-refractivity contribution in [1.29, 1.82) is 5.26 Å². The van der Waals surface area contributed by atoms with Crippen molar-refractivity contribution in [2.45, 2.75) is 33.6 Å². The van der Waals surface area contributed by atoms with Crippen LogP contribution in [0.1, 0.15) is 58.1 Å². The minimum Gasteiger partial charge on any atom is -0.304 e. The lowest BCUT2D eigenvalue weighted by Crippen LogP contribution is -2.31. The normalized spacial score (nSPS) is 10.6. The molecule has 0 unspecified atom stereocenters. The largest absolute Gasteiger partial charge is 0.326 e. The molecule has 1 aromatic heterocycles. The average molecular weight is 311 g/mol. The number of nitrogens with zero attached hydrogens (tertiary/aromatic N) is 1. The Morgan fingerprint density at radius 2 is 1.83 bits per heavy atom. The highest BCUT2D eigenvalue weighted by atomic mass is 16.2. The number of benzene rings is 1. The monoisotopic (exact) mass is 311 g/mol. The van der Waals surface area contributed by atoms with E-state index in [1.165, 1.54) is 6.07 Å². The van der Waals surface area contributed by atoms with E-state index in [1.54, 1.807) is 33.8 Å². The molecule has 2 aromatic rings. The molecule has 1 aromatic carbocycles. The lowest BCUT2D eigenvalue weighted by atomic mass is 9.92. The molecule has 2 N–H and O–H groups in total. The molecule has 1 heterocycles. The molecule has 0 aliphatic rings. The summed E-state index contributed by atoms with van der Waals surface area (Å²) in [5, 5.41) is 9.09. The molecular weight excluding hydrogens is 294 g/mol. The van der Waals surface area contributed by atoms with Crippen LogP contribution in [0, 0.1) is 25.2 Å². The molecule has 0 bridgehead atoms. The molecule has 0 aliphatic heterocycles. The summed E-state index contributed by atoms with van der Waals surface area (Å²) in [6, 6.07) is 5.18. The number of aromatic amines is 2. The first-order valence-corrected chi connectivity index (χ1v) is 7.18. The molecule has 0 aliphatic carbocycles. The Labute approximate surface area is 132 Å². The van der Waals surface area contributed by atoms with Gasteiger partial charge in [-0.3, -0.25) is 14.6 Å². The zero-order chi connectivity index (χ0) is 17.3. The Bertz CT molecular complexity index is 943. The number of carbonyl (C=O) groups excluding carboxylic acids is 1. The van der Waals surface area contributed by atoms with E-state index in [-0.39, 0.29) is 17.2 Å². The van der Waals surface area contributed by atoms with Gasteiger partial charge in [-0.25, -0.2) is 4.79 Å². The van der Waals surface area contributed by atoms with Crippen molar-refractivity contribution in [2.24, 2.45) is 0 Å². The molecule has 0 radical (unpaired) electrons. The lowest BCUT2D eigenvalue weighted by molar-refractivity contribution is 0.103. The van der Waals surface area contributed by atoms with Crippen molar-refractivity contribution in [1.82, 2.24) is 9.97 Å². The number of ketones is 1. The van der Waals surface area contributed by atoms with Crippen LogP contribution in [0.5, 0.6) is 0 Å². The molecule has 2 rings (SSSR count). The van der Waals surface area contributed by atoms with Crippen LogP contribution < -0.4 is 11.2 Å². The minimum absolute atomic E-state index is 0.0219. The van der Waals surface area contributed by atoms with Crippen LogP contribution in [-0.2, 0) is 0 Å². The van der Waals surface area contributed by atoms with E-state index in [0.717, 1.165) is 5.56 Å². The lowest BCUT2D eigenvalue weighted by Gasteiger charge is -2.13. The number of hydrogen-bond donors (Lipinski definition) is 2. The van der Waals surface area contributed by atoms with Gasteiger partial charge in [0.25, 0.3) is 5.56 Å². The van der Waals surface area contributed by atoms with Crippen LogP contribution in [0.25, 0.3) is 0 Å².